The Balaban J connectivity index is 0.000000255. The summed E-state index contributed by atoms with van der Waals surface area (Å²) in [5.74, 6) is 0.900. The smallest absolute Gasteiger partial charge is 0.0852 e. The van der Waals surface area contributed by atoms with Crippen molar-refractivity contribution in [3.8, 4) is 39.5 Å². The summed E-state index contributed by atoms with van der Waals surface area (Å²) in [6.45, 7) is 6.27. The van der Waals surface area contributed by atoms with Crippen molar-refractivity contribution < 1.29 is 20.1 Å². The Labute approximate surface area is 309 Å². The summed E-state index contributed by atoms with van der Waals surface area (Å²) >= 11 is 1.83. The van der Waals surface area contributed by atoms with Gasteiger partial charge in [0.1, 0.15) is 0 Å². The van der Waals surface area contributed by atoms with E-state index >= 15 is 0 Å². The molecule has 4 heterocycles. The third-order valence-corrected chi connectivity index (χ3v) is 9.85. The summed E-state index contributed by atoms with van der Waals surface area (Å²) in [5, 5.41) is 2.56. The Morgan fingerprint density at radius 2 is 1.46 bits per heavy atom. The van der Waals surface area contributed by atoms with E-state index in [1.807, 2.05) is 66.8 Å². The SMILES string of the molecule is Cc1cc2nc(-c3[c-]cc(C)c4c3sc3cc(-c5ccccc5)ccc34)n(-c3ccccc3)c2c(C)n1.[Ir].[c-]1ccccc1-c1ccccn1. The van der Waals surface area contributed by atoms with E-state index in [9.17, 15) is 0 Å². The zero-order chi connectivity index (χ0) is 33.3. The molecule has 0 spiro atoms. The normalized spacial score (nSPS) is 10.9. The topological polar surface area (TPSA) is 43.6 Å². The van der Waals surface area contributed by atoms with E-state index in [1.165, 1.54) is 36.9 Å². The fourth-order valence-electron chi connectivity index (χ4n) is 6.46. The van der Waals surface area contributed by atoms with Crippen molar-refractivity contribution in [3.05, 3.63) is 169 Å². The Hall–Kier alpha value is -5.26. The minimum Gasteiger partial charge on any atom is -0.332 e. The molecule has 0 saturated heterocycles. The molecule has 6 heteroatoms. The number of imidazole rings is 1. The zero-order valence-electron chi connectivity index (χ0n) is 27.8. The van der Waals surface area contributed by atoms with Crippen LogP contribution in [0.3, 0.4) is 0 Å². The van der Waals surface area contributed by atoms with Gasteiger partial charge in [-0.2, -0.15) is 11.3 Å². The van der Waals surface area contributed by atoms with Crippen LogP contribution >= 0.6 is 11.3 Å². The Bertz CT molecular complexity index is 2520. The quantitative estimate of drug-likeness (QED) is 0.166. The van der Waals surface area contributed by atoms with Crippen LogP contribution in [0.1, 0.15) is 17.0 Å². The number of para-hydroxylation sites is 1. The Morgan fingerprint density at radius 3 is 2.20 bits per heavy atom. The number of nitrogens with zero attached hydrogens (tertiary/aromatic N) is 4. The van der Waals surface area contributed by atoms with Crippen LogP contribution in [0, 0.1) is 32.9 Å². The molecule has 0 bridgehead atoms. The van der Waals surface area contributed by atoms with Gasteiger partial charge in [-0.3, -0.25) is 9.97 Å². The molecular formula is C44H32IrN4S-2. The van der Waals surface area contributed by atoms with Crippen molar-refractivity contribution in [1.82, 2.24) is 19.5 Å². The van der Waals surface area contributed by atoms with Crippen LogP contribution in [0.5, 0.6) is 0 Å². The Morgan fingerprint density at radius 1 is 0.700 bits per heavy atom. The van der Waals surface area contributed by atoms with Crippen LogP contribution in [-0.4, -0.2) is 19.5 Å². The van der Waals surface area contributed by atoms with E-state index in [2.05, 4.69) is 120 Å². The van der Waals surface area contributed by atoms with Crippen molar-refractivity contribution in [1.29, 1.82) is 0 Å². The van der Waals surface area contributed by atoms with Gasteiger partial charge in [0.05, 0.1) is 22.6 Å². The predicted molar refractivity (Wildman–Crippen MR) is 204 cm³/mol. The van der Waals surface area contributed by atoms with Crippen LogP contribution in [0.25, 0.3) is 70.7 Å². The predicted octanol–water partition coefficient (Wildman–Crippen LogP) is 11.4. The molecule has 0 aliphatic rings. The first-order valence-corrected chi connectivity index (χ1v) is 17.1. The summed E-state index contributed by atoms with van der Waals surface area (Å²) in [6, 6.07) is 52.5. The fourth-order valence-corrected chi connectivity index (χ4v) is 7.77. The van der Waals surface area contributed by atoms with Gasteiger partial charge in [-0.15, -0.1) is 53.6 Å². The van der Waals surface area contributed by atoms with E-state index in [0.29, 0.717) is 0 Å². The third kappa shape index (κ3) is 6.30. The maximum Gasteiger partial charge on any atom is 0.0852 e. The molecule has 0 amide bonds. The van der Waals surface area contributed by atoms with Gasteiger partial charge in [0.2, 0.25) is 0 Å². The number of fused-ring (bicyclic) bond motifs is 4. The van der Waals surface area contributed by atoms with Crippen LogP contribution in [0.15, 0.2) is 140 Å². The molecule has 0 unspecified atom stereocenters. The van der Waals surface area contributed by atoms with E-state index in [4.69, 9.17) is 9.97 Å². The second-order valence-electron chi connectivity index (χ2n) is 12.0. The van der Waals surface area contributed by atoms with Crippen molar-refractivity contribution in [2.45, 2.75) is 20.8 Å². The van der Waals surface area contributed by atoms with Crippen LogP contribution in [-0.2, 0) is 20.1 Å². The zero-order valence-corrected chi connectivity index (χ0v) is 31.0. The minimum absolute atomic E-state index is 0. The average molecular weight is 841 g/mol. The molecule has 0 fully saturated rings. The van der Waals surface area contributed by atoms with Crippen molar-refractivity contribution in [2.75, 3.05) is 0 Å². The standard InChI is InChI=1S/C33H24N3S.C11H8N.Ir/c1-20-14-16-27(32-30(20)26-17-15-24(19-29(26)37-32)23-10-6-4-7-11-23)33-35-28-18-21(2)34-22(3)31(28)36(33)25-12-8-5-9-13-25;1-2-6-10(7-3-1)11-8-4-5-9-12-11;/h4-15,17-19H,1-3H3;1-6,8-9H;/q2*-1;. The number of aromatic nitrogens is 4. The summed E-state index contributed by atoms with van der Waals surface area (Å²) in [7, 11) is 0. The van der Waals surface area contributed by atoms with Gasteiger partial charge in [-0.05, 0) is 71.1 Å². The Kier molecular flexibility index (Phi) is 9.51. The van der Waals surface area contributed by atoms with Gasteiger partial charge in [0, 0.05) is 42.4 Å². The number of thiophene rings is 1. The summed E-state index contributed by atoms with van der Waals surface area (Å²) in [6.07, 6.45) is 1.79. The van der Waals surface area contributed by atoms with Gasteiger partial charge in [0.15, 0.2) is 0 Å². The minimum atomic E-state index is 0. The number of pyridine rings is 2. The first kappa shape index (κ1) is 33.2. The summed E-state index contributed by atoms with van der Waals surface area (Å²) < 4.78 is 4.74. The van der Waals surface area contributed by atoms with Crippen LogP contribution in [0.2, 0.25) is 0 Å². The molecule has 50 heavy (non-hydrogen) atoms. The summed E-state index contributed by atoms with van der Waals surface area (Å²) in [4.78, 5) is 14.2. The number of rotatable bonds is 4. The molecule has 4 aromatic heterocycles. The maximum absolute atomic E-state index is 5.19. The molecule has 0 saturated carbocycles. The van der Waals surface area contributed by atoms with Gasteiger partial charge in [0.25, 0.3) is 0 Å². The molecule has 9 rings (SSSR count). The first-order valence-electron chi connectivity index (χ1n) is 16.3. The second kappa shape index (κ2) is 14.3. The molecule has 9 aromatic rings. The molecule has 0 aliphatic heterocycles. The maximum atomic E-state index is 5.19. The fraction of sp³-hybridized carbons (Fsp3) is 0.0682. The molecule has 0 atom stereocenters. The van der Waals surface area contributed by atoms with Crippen molar-refractivity contribution in [2.24, 2.45) is 0 Å². The number of hydrogen-bond donors (Lipinski definition) is 0. The number of benzene rings is 5. The van der Waals surface area contributed by atoms with E-state index < -0.39 is 0 Å². The molecule has 0 N–H and O–H groups in total. The number of hydrogen-bond acceptors (Lipinski definition) is 4. The van der Waals surface area contributed by atoms with Gasteiger partial charge in [-0.1, -0.05) is 90.7 Å². The van der Waals surface area contributed by atoms with E-state index in [-0.39, 0.29) is 20.1 Å². The van der Waals surface area contributed by atoms with E-state index in [0.717, 1.165) is 50.8 Å². The largest absolute Gasteiger partial charge is 0.332 e. The van der Waals surface area contributed by atoms with Gasteiger partial charge < -0.3 is 9.55 Å². The van der Waals surface area contributed by atoms with Crippen molar-refractivity contribution >= 4 is 42.5 Å². The first-order chi connectivity index (χ1) is 24.0. The molecule has 4 nitrogen and oxygen atoms in total. The molecule has 1 radical (unpaired) electrons. The molecule has 245 valence electrons. The second-order valence-corrected chi connectivity index (χ2v) is 13.1. The van der Waals surface area contributed by atoms with Crippen LogP contribution < -0.4 is 0 Å². The third-order valence-electron chi connectivity index (χ3n) is 8.68. The van der Waals surface area contributed by atoms with Gasteiger partial charge >= 0.3 is 0 Å². The average Bonchev–Trinajstić information content (AvgIpc) is 3.73. The molecular weight excluding hydrogens is 809 g/mol. The van der Waals surface area contributed by atoms with Crippen molar-refractivity contribution in [3.63, 3.8) is 0 Å². The molecule has 5 aromatic carbocycles. The van der Waals surface area contributed by atoms with Gasteiger partial charge in [-0.25, -0.2) is 0 Å². The molecule has 0 aliphatic carbocycles. The van der Waals surface area contributed by atoms with Crippen LogP contribution in [0.4, 0.5) is 0 Å². The summed E-state index contributed by atoms with van der Waals surface area (Å²) in [5.41, 5.74) is 11.8. The number of aryl methyl sites for hydroxylation is 3. The monoisotopic (exact) mass is 841 g/mol. The van der Waals surface area contributed by atoms with E-state index in [1.54, 1.807) is 6.20 Å².